The van der Waals surface area contributed by atoms with Gasteiger partial charge in [0.15, 0.2) is 10.9 Å². The van der Waals surface area contributed by atoms with Gasteiger partial charge in [0.05, 0.1) is 36.1 Å². The van der Waals surface area contributed by atoms with Crippen LogP contribution in [0.5, 0.6) is 5.75 Å². The van der Waals surface area contributed by atoms with Gasteiger partial charge in [-0.25, -0.2) is 4.79 Å². The van der Waals surface area contributed by atoms with Gasteiger partial charge in [0.2, 0.25) is 0 Å². The van der Waals surface area contributed by atoms with E-state index < -0.39 is 16.8 Å². The molecule has 0 spiro atoms. The molecule has 1 amide bonds. The molecule has 2 N–H and O–H groups in total. The van der Waals surface area contributed by atoms with Crippen molar-refractivity contribution in [1.82, 2.24) is 10.2 Å². The number of anilines is 2. The average Bonchev–Trinajstić information content (AvgIpc) is 2.83. The van der Waals surface area contributed by atoms with Crippen molar-refractivity contribution in [3.05, 3.63) is 57.6 Å². The highest BCUT2D eigenvalue weighted by atomic mass is 32.1. The molecule has 0 saturated carbocycles. The SMILES string of the molecule is COC(=O)c1ccc(N2CCN(C)CC2)c(NC(=S)NC(=O)c2ccc(OC)c([N+](=O)[O-])c2)c1. The van der Waals surface area contributed by atoms with Crippen molar-refractivity contribution in [2.75, 3.05) is 57.7 Å². The fourth-order valence-electron chi connectivity index (χ4n) is 3.51. The molecule has 1 aliphatic rings. The number of nitro groups is 1. The first-order valence-corrected chi connectivity index (χ1v) is 10.7. The number of thiocarbonyl (C=S) groups is 1. The first-order valence-electron chi connectivity index (χ1n) is 10.3. The summed E-state index contributed by atoms with van der Waals surface area (Å²) in [5.41, 5.74) is 1.37. The van der Waals surface area contributed by atoms with Crippen molar-refractivity contribution >= 4 is 46.3 Å². The second kappa shape index (κ2) is 10.9. The van der Waals surface area contributed by atoms with Gasteiger partial charge in [0.1, 0.15) is 0 Å². The summed E-state index contributed by atoms with van der Waals surface area (Å²) < 4.78 is 9.77. The van der Waals surface area contributed by atoms with E-state index in [9.17, 15) is 19.7 Å². The molecule has 11 nitrogen and oxygen atoms in total. The van der Waals surface area contributed by atoms with Gasteiger partial charge in [0, 0.05) is 37.8 Å². The minimum Gasteiger partial charge on any atom is -0.490 e. The van der Waals surface area contributed by atoms with Crippen molar-refractivity contribution in [2.45, 2.75) is 0 Å². The van der Waals surface area contributed by atoms with E-state index in [4.69, 9.17) is 21.7 Å². The zero-order valence-electron chi connectivity index (χ0n) is 19.0. The van der Waals surface area contributed by atoms with Gasteiger partial charge in [-0.1, -0.05) is 0 Å². The molecule has 0 aliphatic carbocycles. The first kappa shape index (κ1) is 24.9. The smallest absolute Gasteiger partial charge is 0.337 e. The monoisotopic (exact) mass is 487 g/mol. The van der Waals surface area contributed by atoms with Crippen LogP contribution in [0.4, 0.5) is 17.1 Å². The van der Waals surface area contributed by atoms with Gasteiger partial charge in [-0.05, 0) is 49.6 Å². The lowest BCUT2D eigenvalue weighted by atomic mass is 10.1. The van der Waals surface area contributed by atoms with E-state index >= 15 is 0 Å². The number of carbonyl (C=O) groups is 2. The number of carbonyl (C=O) groups excluding carboxylic acids is 2. The third-order valence-electron chi connectivity index (χ3n) is 5.37. The van der Waals surface area contributed by atoms with Crippen LogP contribution in [-0.2, 0) is 4.74 Å². The van der Waals surface area contributed by atoms with Gasteiger partial charge in [-0.15, -0.1) is 0 Å². The molecule has 12 heteroatoms. The van der Waals surface area contributed by atoms with Crippen LogP contribution in [-0.4, -0.2) is 74.3 Å². The Balaban J connectivity index is 1.81. The molecule has 0 aromatic heterocycles. The molecule has 2 aromatic carbocycles. The molecule has 180 valence electrons. The topological polar surface area (TPSA) is 126 Å². The van der Waals surface area contributed by atoms with Crippen molar-refractivity contribution < 1.29 is 24.0 Å². The maximum absolute atomic E-state index is 12.7. The van der Waals surface area contributed by atoms with Crippen LogP contribution in [0, 0.1) is 10.1 Å². The Hall–Kier alpha value is -3.77. The molecule has 1 aliphatic heterocycles. The van der Waals surface area contributed by atoms with Gasteiger partial charge in [-0.3, -0.25) is 20.2 Å². The van der Waals surface area contributed by atoms with Gasteiger partial charge in [0.25, 0.3) is 5.91 Å². The zero-order chi connectivity index (χ0) is 24.8. The molecular weight excluding hydrogens is 462 g/mol. The lowest BCUT2D eigenvalue weighted by Gasteiger charge is -2.35. The van der Waals surface area contributed by atoms with Crippen LogP contribution in [0.2, 0.25) is 0 Å². The highest BCUT2D eigenvalue weighted by Gasteiger charge is 2.21. The Bertz CT molecular complexity index is 1120. The molecule has 0 unspecified atom stereocenters. The van der Waals surface area contributed by atoms with Crippen LogP contribution < -0.4 is 20.3 Å². The largest absolute Gasteiger partial charge is 0.490 e. The summed E-state index contributed by atoms with van der Waals surface area (Å²) in [6.07, 6.45) is 0. The Morgan fingerprint density at radius 1 is 1.06 bits per heavy atom. The summed E-state index contributed by atoms with van der Waals surface area (Å²) in [5.74, 6) is -1.10. The summed E-state index contributed by atoms with van der Waals surface area (Å²) in [6, 6.07) is 8.94. The van der Waals surface area contributed by atoms with E-state index in [-0.39, 0.29) is 22.1 Å². The molecule has 3 rings (SSSR count). The van der Waals surface area contributed by atoms with E-state index in [1.54, 1.807) is 18.2 Å². The van der Waals surface area contributed by atoms with Crippen molar-refractivity contribution in [2.24, 2.45) is 0 Å². The number of piperazine rings is 1. The molecule has 1 fully saturated rings. The quantitative estimate of drug-likeness (QED) is 0.271. The average molecular weight is 488 g/mol. The minimum atomic E-state index is -0.632. The Kier molecular flexibility index (Phi) is 7.97. The fourth-order valence-corrected chi connectivity index (χ4v) is 3.71. The first-order chi connectivity index (χ1) is 16.2. The summed E-state index contributed by atoms with van der Waals surface area (Å²) in [4.78, 5) is 39.7. The molecule has 1 heterocycles. The number of ether oxygens (including phenoxy) is 2. The molecule has 1 saturated heterocycles. The summed E-state index contributed by atoms with van der Waals surface area (Å²) in [6.45, 7) is 3.29. The Morgan fingerprint density at radius 3 is 2.35 bits per heavy atom. The summed E-state index contributed by atoms with van der Waals surface area (Å²) in [5, 5.41) is 16.7. The third-order valence-corrected chi connectivity index (χ3v) is 5.58. The van der Waals surface area contributed by atoms with Crippen LogP contribution in [0.25, 0.3) is 0 Å². The lowest BCUT2D eigenvalue weighted by Crippen LogP contribution is -2.45. The highest BCUT2D eigenvalue weighted by Crippen LogP contribution is 2.29. The second-order valence-electron chi connectivity index (χ2n) is 7.57. The third kappa shape index (κ3) is 5.77. The number of esters is 1. The maximum atomic E-state index is 12.7. The molecular formula is C22H25N5O6S. The zero-order valence-corrected chi connectivity index (χ0v) is 19.8. The highest BCUT2D eigenvalue weighted by molar-refractivity contribution is 7.80. The van der Waals surface area contributed by atoms with E-state index in [1.807, 2.05) is 7.05 Å². The Morgan fingerprint density at radius 2 is 1.74 bits per heavy atom. The number of hydrogen-bond donors (Lipinski definition) is 2. The molecule has 0 radical (unpaired) electrons. The van der Waals surface area contributed by atoms with E-state index in [2.05, 4.69) is 20.4 Å². The number of benzene rings is 2. The van der Waals surface area contributed by atoms with Crippen LogP contribution in [0.1, 0.15) is 20.7 Å². The predicted molar refractivity (Wildman–Crippen MR) is 131 cm³/mol. The summed E-state index contributed by atoms with van der Waals surface area (Å²) in [7, 11) is 4.65. The fraction of sp³-hybridized carbons (Fsp3) is 0.318. The number of rotatable bonds is 6. The lowest BCUT2D eigenvalue weighted by molar-refractivity contribution is -0.385. The number of likely N-dealkylation sites (N-methyl/N-ethyl adjacent to an activating group) is 1. The molecule has 34 heavy (non-hydrogen) atoms. The minimum absolute atomic E-state index is 0.0270. The molecule has 0 atom stereocenters. The predicted octanol–water partition coefficient (Wildman–Crippen LogP) is 2.27. The van der Waals surface area contributed by atoms with E-state index in [0.29, 0.717) is 11.3 Å². The van der Waals surface area contributed by atoms with E-state index in [0.717, 1.165) is 37.9 Å². The van der Waals surface area contributed by atoms with Crippen LogP contribution in [0.3, 0.4) is 0 Å². The van der Waals surface area contributed by atoms with Gasteiger partial charge in [-0.2, -0.15) is 0 Å². The number of hydrogen-bond acceptors (Lipinski definition) is 9. The van der Waals surface area contributed by atoms with Gasteiger partial charge >= 0.3 is 11.7 Å². The molecule has 2 aromatic rings. The van der Waals surface area contributed by atoms with Crippen molar-refractivity contribution in [3.63, 3.8) is 0 Å². The van der Waals surface area contributed by atoms with Crippen molar-refractivity contribution in [3.8, 4) is 5.75 Å². The standard InChI is InChI=1S/C22H25N5O6S/c1-25-8-10-26(11-9-25)17-6-4-15(21(29)33-3)12-16(17)23-22(34)24-20(28)14-5-7-19(32-2)18(13-14)27(30)31/h4-7,12-13H,8-11H2,1-3H3,(H2,23,24,28,34). The number of amides is 1. The molecule has 0 bridgehead atoms. The number of nitrogens with zero attached hydrogens (tertiary/aromatic N) is 3. The van der Waals surface area contributed by atoms with Crippen LogP contribution in [0.15, 0.2) is 36.4 Å². The second-order valence-corrected chi connectivity index (χ2v) is 7.97. The maximum Gasteiger partial charge on any atom is 0.337 e. The number of nitro benzene ring substituents is 1. The van der Waals surface area contributed by atoms with Gasteiger partial charge < -0.3 is 24.6 Å². The van der Waals surface area contributed by atoms with Crippen molar-refractivity contribution in [1.29, 1.82) is 0 Å². The number of methoxy groups -OCH3 is 2. The van der Waals surface area contributed by atoms with Crippen LogP contribution >= 0.6 is 12.2 Å². The van der Waals surface area contributed by atoms with E-state index in [1.165, 1.54) is 26.4 Å². The Labute approximate surface area is 201 Å². The normalized spacial score (nSPS) is 13.7. The summed E-state index contributed by atoms with van der Waals surface area (Å²) >= 11 is 5.32. The number of nitrogens with one attached hydrogen (secondary N) is 2.